The fraction of sp³-hybridized carbons (Fsp3) is 0.556. The molecule has 0 aliphatic carbocycles. The molecule has 1 aromatic rings. The zero-order valence-corrected chi connectivity index (χ0v) is 14.0. The topological polar surface area (TPSA) is 84.9 Å². The monoisotopic (exact) mass is 335 g/mol. The molecule has 1 aliphatic heterocycles. The quantitative estimate of drug-likeness (QED) is 0.762. The van der Waals surface area contributed by atoms with Crippen molar-refractivity contribution in [2.75, 3.05) is 26.4 Å². The summed E-state index contributed by atoms with van der Waals surface area (Å²) in [5.74, 6) is -1.06. The van der Waals surface area contributed by atoms with E-state index < -0.39 is 11.9 Å². The van der Waals surface area contributed by atoms with Crippen molar-refractivity contribution in [2.45, 2.75) is 26.2 Å². The number of hydrogen-bond acceptors (Lipinski definition) is 4. The summed E-state index contributed by atoms with van der Waals surface area (Å²) in [5, 5.41) is 12.2. The van der Waals surface area contributed by atoms with E-state index >= 15 is 0 Å². The molecule has 0 saturated carbocycles. The summed E-state index contributed by atoms with van der Waals surface area (Å²) in [6.45, 7) is 3.89. The van der Waals surface area contributed by atoms with Crippen LogP contribution in [0, 0.1) is 11.8 Å². The normalized spacial score (nSPS) is 16.4. The second-order valence-electron chi connectivity index (χ2n) is 5.98. The highest BCUT2D eigenvalue weighted by Crippen LogP contribution is 2.24. The van der Waals surface area contributed by atoms with Gasteiger partial charge in [-0.05, 0) is 43.4 Å². The Balaban J connectivity index is 1.93. The van der Waals surface area contributed by atoms with Gasteiger partial charge in [-0.2, -0.15) is 0 Å². The summed E-state index contributed by atoms with van der Waals surface area (Å²) in [7, 11) is 0. The van der Waals surface area contributed by atoms with Gasteiger partial charge >= 0.3 is 5.97 Å². The number of carbonyl (C=O) groups is 2. The Morgan fingerprint density at radius 1 is 1.38 bits per heavy atom. The van der Waals surface area contributed by atoms with Crippen LogP contribution in [0.5, 0.6) is 5.75 Å². The Morgan fingerprint density at radius 3 is 2.79 bits per heavy atom. The van der Waals surface area contributed by atoms with Crippen LogP contribution >= 0.6 is 0 Å². The number of carbonyl (C=O) groups excluding carboxylic acids is 1. The zero-order chi connectivity index (χ0) is 17.4. The standard InChI is InChI=1S/C18H25NO5/c1-2-8-24-15-5-3-4-14(11-15)17(20)19-12-16(18(21)22)13-6-9-23-10-7-13/h3-5,11,13,16H,2,6-10,12H2,1H3,(H,19,20)(H,21,22). The number of carboxylic acid groups (broad SMARTS) is 1. The SMILES string of the molecule is CCCOc1cccc(C(=O)NCC(C(=O)O)C2CCOCC2)c1. The van der Waals surface area contributed by atoms with Gasteiger partial charge in [-0.25, -0.2) is 0 Å². The fourth-order valence-electron chi connectivity index (χ4n) is 2.83. The van der Waals surface area contributed by atoms with Crippen LogP contribution in [0.15, 0.2) is 24.3 Å². The summed E-state index contributed by atoms with van der Waals surface area (Å²) in [5.41, 5.74) is 0.472. The van der Waals surface area contributed by atoms with Gasteiger partial charge in [0, 0.05) is 25.3 Å². The molecule has 1 atom stereocenters. The van der Waals surface area contributed by atoms with Crippen LogP contribution in [-0.2, 0) is 9.53 Å². The van der Waals surface area contributed by atoms with Crippen LogP contribution in [0.25, 0.3) is 0 Å². The molecule has 24 heavy (non-hydrogen) atoms. The van der Waals surface area contributed by atoms with E-state index in [9.17, 15) is 14.7 Å². The number of ether oxygens (including phenoxy) is 2. The maximum atomic E-state index is 12.3. The number of amides is 1. The minimum absolute atomic E-state index is 0.0378. The molecule has 1 saturated heterocycles. The van der Waals surface area contributed by atoms with Crippen LogP contribution in [0.4, 0.5) is 0 Å². The first kappa shape index (κ1) is 18.3. The number of aliphatic carboxylic acids is 1. The van der Waals surface area contributed by atoms with E-state index in [0.29, 0.717) is 44.0 Å². The summed E-state index contributed by atoms with van der Waals surface area (Å²) < 4.78 is 10.8. The Labute approximate surface area is 142 Å². The Kier molecular flexibility index (Phi) is 7.06. The van der Waals surface area contributed by atoms with Crippen molar-refractivity contribution in [3.63, 3.8) is 0 Å². The van der Waals surface area contributed by atoms with Crippen molar-refractivity contribution in [3.8, 4) is 5.75 Å². The maximum absolute atomic E-state index is 12.3. The predicted molar refractivity (Wildman–Crippen MR) is 89.2 cm³/mol. The van der Waals surface area contributed by atoms with Gasteiger partial charge in [-0.15, -0.1) is 0 Å². The number of benzene rings is 1. The van der Waals surface area contributed by atoms with Crippen molar-refractivity contribution in [3.05, 3.63) is 29.8 Å². The fourth-order valence-corrected chi connectivity index (χ4v) is 2.83. The molecule has 1 aromatic carbocycles. The highest BCUT2D eigenvalue weighted by atomic mass is 16.5. The largest absolute Gasteiger partial charge is 0.494 e. The van der Waals surface area contributed by atoms with E-state index in [1.54, 1.807) is 24.3 Å². The van der Waals surface area contributed by atoms with E-state index in [-0.39, 0.29) is 18.4 Å². The van der Waals surface area contributed by atoms with Crippen LogP contribution in [0.1, 0.15) is 36.5 Å². The molecule has 6 nitrogen and oxygen atoms in total. The van der Waals surface area contributed by atoms with Gasteiger partial charge in [0.15, 0.2) is 0 Å². The number of rotatable bonds is 8. The van der Waals surface area contributed by atoms with Crippen molar-refractivity contribution in [1.82, 2.24) is 5.32 Å². The molecule has 6 heteroatoms. The van der Waals surface area contributed by atoms with Crippen LogP contribution < -0.4 is 10.1 Å². The molecule has 0 radical (unpaired) electrons. The first-order valence-corrected chi connectivity index (χ1v) is 8.43. The van der Waals surface area contributed by atoms with E-state index in [2.05, 4.69) is 5.32 Å². The molecule has 1 heterocycles. The molecular formula is C18H25NO5. The molecule has 1 fully saturated rings. The minimum atomic E-state index is -0.873. The van der Waals surface area contributed by atoms with Gasteiger partial charge in [-0.3, -0.25) is 9.59 Å². The molecule has 2 rings (SSSR count). The van der Waals surface area contributed by atoms with Crippen LogP contribution in [0.3, 0.4) is 0 Å². The maximum Gasteiger partial charge on any atom is 0.308 e. The van der Waals surface area contributed by atoms with E-state index in [1.165, 1.54) is 0 Å². The predicted octanol–water partition coefficient (Wildman–Crippen LogP) is 2.33. The van der Waals surface area contributed by atoms with Crippen molar-refractivity contribution < 1.29 is 24.2 Å². The highest BCUT2D eigenvalue weighted by Gasteiger charge is 2.30. The van der Waals surface area contributed by atoms with Gasteiger partial charge < -0.3 is 19.9 Å². The third-order valence-corrected chi connectivity index (χ3v) is 4.20. The summed E-state index contributed by atoms with van der Waals surface area (Å²) in [6, 6.07) is 6.93. The third-order valence-electron chi connectivity index (χ3n) is 4.20. The second-order valence-corrected chi connectivity index (χ2v) is 5.98. The lowest BCUT2D eigenvalue weighted by Gasteiger charge is -2.27. The Morgan fingerprint density at radius 2 is 2.12 bits per heavy atom. The van der Waals surface area contributed by atoms with Crippen LogP contribution in [0.2, 0.25) is 0 Å². The minimum Gasteiger partial charge on any atom is -0.494 e. The molecule has 132 valence electrons. The summed E-state index contributed by atoms with van der Waals surface area (Å²) in [6.07, 6.45) is 2.32. The summed E-state index contributed by atoms with van der Waals surface area (Å²) in [4.78, 5) is 23.8. The van der Waals surface area contributed by atoms with E-state index in [0.717, 1.165) is 6.42 Å². The molecule has 1 amide bonds. The number of carboxylic acids is 1. The van der Waals surface area contributed by atoms with Gasteiger partial charge in [0.25, 0.3) is 5.91 Å². The average molecular weight is 335 g/mol. The van der Waals surface area contributed by atoms with Gasteiger partial charge in [-0.1, -0.05) is 13.0 Å². The molecule has 2 N–H and O–H groups in total. The highest BCUT2D eigenvalue weighted by molar-refractivity contribution is 5.94. The average Bonchev–Trinajstić information content (AvgIpc) is 2.61. The molecule has 0 spiro atoms. The molecule has 1 aliphatic rings. The van der Waals surface area contributed by atoms with E-state index in [4.69, 9.17) is 9.47 Å². The lowest BCUT2D eigenvalue weighted by Crippen LogP contribution is -2.39. The molecule has 1 unspecified atom stereocenters. The van der Waals surface area contributed by atoms with Crippen molar-refractivity contribution >= 4 is 11.9 Å². The third kappa shape index (κ3) is 5.23. The molecule has 0 bridgehead atoms. The number of hydrogen-bond donors (Lipinski definition) is 2. The number of nitrogens with one attached hydrogen (secondary N) is 1. The zero-order valence-electron chi connectivity index (χ0n) is 14.0. The van der Waals surface area contributed by atoms with E-state index in [1.807, 2.05) is 6.92 Å². The van der Waals surface area contributed by atoms with Crippen molar-refractivity contribution in [1.29, 1.82) is 0 Å². The summed E-state index contributed by atoms with van der Waals surface area (Å²) >= 11 is 0. The van der Waals surface area contributed by atoms with Gasteiger partial charge in [0.1, 0.15) is 5.75 Å². The molecular weight excluding hydrogens is 310 g/mol. The molecule has 0 aromatic heterocycles. The van der Waals surface area contributed by atoms with Gasteiger partial charge in [0.2, 0.25) is 0 Å². The Bertz CT molecular complexity index is 554. The lowest BCUT2D eigenvalue weighted by atomic mass is 9.86. The van der Waals surface area contributed by atoms with Gasteiger partial charge in [0.05, 0.1) is 12.5 Å². The lowest BCUT2D eigenvalue weighted by molar-refractivity contribution is -0.144. The second kappa shape index (κ2) is 9.27. The first-order chi connectivity index (χ1) is 11.6. The first-order valence-electron chi connectivity index (χ1n) is 8.43. The van der Waals surface area contributed by atoms with Crippen molar-refractivity contribution in [2.24, 2.45) is 11.8 Å². The Hall–Kier alpha value is -2.08. The van der Waals surface area contributed by atoms with Crippen LogP contribution in [-0.4, -0.2) is 43.3 Å². The smallest absolute Gasteiger partial charge is 0.308 e.